The van der Waals surface area contributed by atoms with Crippen LogP contribution in [-0.2, 0) is 19.1 Å². The van der Waals surface area contributed by atoms with Crippen LogP contribution in [0.4, 0.5) is 0 Å². The van der Waals surface area contributed by atoms with Gasteiger partial charge in [-0.05, 0) is 109 Å². The van der Waals surface area contributed by atoms with E-state index >= 15 is 0 Å². The van der Waals surface area contributed by atoms with Gasteiger partial charge in [0.1, 0.15) is 6.61 Å². The molecule has 0 aliphatic rings. The molecule has 1 N–H and O–H groups in total. The minimum Gasteiger partial charge on any atom is -0.462 e. The molecule has 0 bridgehead atoms. The highest BCUT2D eigenvalue weighted by atomic mass is 16.6. The summed E-state index contributed by atoms with van der Waals surface area (Å²) in [5.41, 5.74) is 0. The van der Waals surface area contributed by atoms with Crippen LogP contribution in [0.25, 0.3) is 0 Å². The van der Waals surface area contributed by atoms with Gasteiger partial charge in [-0.15, -0.1) is 0 Å². The molecule has 0 aromatic carbocycles. The van der Waals surface area contributed by atoms with Gasteiger partial charge >= 0.3 is 11.9 Å². The molecule has 0 aromatic rings. The molecule has 62 heavy (non-hydrogen) atoms. The lowest BCUT2D eigenvalue weighted by atomic mass is 10.1. The summed E-state index contributed by atoms with van der Waals surface area (Å²) >= 11 is 0. The van der Waals surface area contributed by atoms with Gasteiger partial charge in [-0.3, -0.25) is 9.59 Å². The quantitative estimate of drug-likeness (QED) is 0.0376. The van der Waals surface area contributed by atoms with Crippen LogP contribution >= 0.6 is 0 Å². The van der Waals surface area contributed by atoms with Gasteiger partial charge in [0.15, 0.2) is 6.10 Å². The molecular formula is C57H90O5. The molecule has 5 nitrogen and oxygen atoms in total. The van der Waals surface area contributed by atoms with Crippen molar-refractivity contribution in [3.63, 3.8) is 0 Å². The molecule has 1 atom stereocenters. The van der Waals surface area contributed by atoms with Crippen molar-refractivity contribution in [3.8, 4) is 0 Å². The summed E-state index contributed by atoms with van der Waals surface area (Å²) in [6, 6.07) is 0. The number of hydrogen-bond acceptors (Lipinski definition) is 5. The highest BCUT2D eigenvalue weighted by molar-refractivity contribution is 5.70. The highest BCUT2D eigenvalue weighted by Gasteiger charge is 2.16. The minimum atomic E-state index is -0.815. The van der Waals surface area contributed by atoms with Gasteiger partial charge in [0, 0.05) is 12.8 Å². The first-order valence-corrected chi connectivity index (χ1v) is 24.7. The first-order chi connectivity index (χ1) is 30.6. The smallest absolute Gasteiger partial charge is 0.306 e. The van der Waals surface area contributed by atoms with Gasteiger partial charge < -0.3 is 14.6 Å². The average Bonchev–Trinajstić information content (AvgIpc) is 3.28. The largest absolute Gasteiger partial charge is 0.462 e. The topological polar surface area (TPSA) is 72.8 Å². The lowest BCUT2D eigenvalue weighted by Crippen LogP contribution is -2.28. The zero-order chi connectivity index (χ0) is 44.9. The van der Waals surface area contributed by atoms with Gasteiger partial charge in [-0.25, -0.2) is 0 Å². The van der Waals surface area contributed by atoms with Crippen LogP contribution < -0.4 is 0 Å². The van der Waals surface area contributed by atoms with Crippen molar-refractivity contribution in [2.24, 2.45) is 0 Å². The summed E-state index contributed by atoms with van der Waals surface area (Å²) in [7, 11) is 0. The Morgan fingerprint density at radius 1 is 0.387 bits per heavy atom. The van der Waals surface area contributed by atoms with Gasteiger partial charge in [0.2, 0.25) is 0 Å². The average molecular weight is 855 g/mol. The molecule has 0 aliphatic carbocycles. The Morgan fingerprint density at radius 2 is 0.710 bits per heavy atom. The van der Waals surface area contributed by atoms with Crippen molar-refractivity contribution in [1.29, 1.82) is 0 Å². The van der Waals surface area contributed by atoms with Gasteiger partial charge in [0.25, 0.3) is 0 Å². The number of allylic oxidation sites excluding steroid dienone is 22. The van der Waals surface area contributed by atoms with Crippen LogP contribution in [-0.4, -0.2) is 36.4 Å². The number of aliphatic hydroxyl groups excluding tert-OH is 1. The molecule has 5 heteroatoms. The molecule has 348 valence electrons. The van der Waals surface area contributed by atoms with Crippen LogP contribution in [0, 0.1) is 0 Å². The third kappa shape index (κ3) is 48.7. The third-order valence-electron chi connectivity index (χ3n) is 9.93. The van der Waals surface area contributed by atoms with E-state index in [4.69, 9.17) is 9.47 Å². The fourth-order valence-corrected chi connectivity index (χ4v) is 6.23. The first kappa shape index (κ1) is 58.0. The summed E-state index contributed by atoms with van der Waals surface area (Å²) in [5.74, 6) is -0.676. The number of carbonyl (C=O) groups excluding carboxylic acids is 2. The summed E-state index contributed by atoms with van der Waals surface area (Å²) < 4.78 is 10.6. The maximum Gasteiger partial charge on any atom is 0.306 e. The molecule has 0 radical (unpaired) electrons. The van der Waals surface area contributed by atoms with Gasteiger partial charge in [-0.2, -0.15) is 0 Å². The minimum absolute atomic E-state index is 0.100. The molecule has 0 spiro atoms. The van der Waals surface area contributed by atoms with Crippen molar-refractivity contribution in [1.82, 2.24) is 0 Å². The lowest BCUT2D eigenvalue weighted by molar-refractivity contribution is -0.161. The van der Waals surface area contributed by atoms with E-state index in [9.17, 15) is 14.7 Å². The Kier molecular flexibility index (Phi) is 48.1. The zero-order valence-corrected chi connectivity index (χ0v) is 39.6. The molecule has 0 amide bonds. The van der Waals surface area contributed by atoms with Crippen molar-refractivity contribution in [3.05, 3.63) is 134 Å². The number of aliphatic hydroxyl groups is 1. The van der Waals surface area contributed by atoms with Gasteiger partial charge in [-0.1, -0.05) is 205 Å². The van der Waals surface area contributed by atoms with Crippen LogP contribution in [0.15, 0.2) is 134 Å². The van der Waals surface area contributed by atoms with E-state index in [2.05, 4.69) is 148 Å². The molecule has 1 unspecified atom stereocenters. The molecule has 0 rings (SSSR count). The third-order valence-corrected chi connectivity index (χ3v) is 9.93. The molecule has 0 aromatic heterocycles. The summed E-state index contributed by atoms with van der Waals surface area (Å²) in [5, 5.41) is 9.61. The monoisotopic (exact) mass is 855 g/mol. The Hall–Kier alpha value is -3.96. The highest BCUT2D eigenvalue weighted by Crippen LogP contribution is 2.13. The van der Waals surface area contributed by atoms with Crippen molar-refractivity contribution in [2.75, 3.05) is 13.2 Å². The first-order valence-electron chi connectivity index (χ1n) is 24.7. The normalized spacial score (nSPS) is 13.4. The van der Waals surface area contributed by atoms with E-state index in [0.717, 1.165) is 89.9 Å². The molecule has 0 aliphatic heterocycles. The van der Waals surface area contributed by atoms with E-state index < -0.39 is 6.10 Å². The van der Waals surface area contributed by atoms with E-state index in [1.54, 1.807) is 0 Å². The fourth-order valence-electron chi connectivity index (χ4n) is 6.23. The number of hydrogen-bond donors (Lipinski definition) is 1. The predicted octanol–water partition coefficient (Wildman–Crippen LogP) is 16.5. The van der Waals surface area contributed by atoms with Crippen molar-refractivity contribution < 1.29 is 24.2 Å². The Morgan fingerprint density at radius 3 is 1.10 bits per heavy atom. The Labute approximate surface area is 381 Å². The second-order valence-electron chi connectivity index (χ2n) is 15.8. The number of unbranched alkanes of at least 4 members (excludes halogenated alkanes) is 13. The summed E-state index contributed by atoms with van der Waals surface area (Å²) in [4.78, 5) is 24.4. The lowest BCUT2D eigenvalue weighted by Gasteiger charge is -2.15. The Balaban J connectivity index is 3.71. The van der Waals surface area contributed by atoms with E-state index in [1.807, 2.05) is 0 Å². The number of ether oxygens (including phenoxy) is 2. The second kappa shape index (κ2) is 51.4. The van der Waals surface area contributed by atoms with Crippen LogP contribution in [0.5, 0.6) is 0 Å². The van der Waals surface area contributed by atoms with Crippen LogP contribution in [0.3, 0.4) is 0 Å². The molecule has 0 saturated carbocycles. The summed E-state index contributed by atoms with van der Waals surface area (Å²) in [6.45, 7) is 3.94. The number of rotatable bonds is 43. The van der Waals surface area contributed by atoms with Gasteiger partial charge in [0.05, 0.1) is 6.61 Å². The van der Waals surface area contributed by atoms with Crippen molar-refractivity contribution in [2.45, 2.75) is 200 Å². The van der Waals surface area contributed by atoms with E-state index in [-0.39, 0.29) is 31.6 Å². The maximum atomic E-state index is 12.2. The molecular weight excluding hydrogens is 765 g/mol. The molecule has 0 saturated heterocycles. The van der Waals surface area contributed by atoms with E-state index in [0.29, 0.717) is 12.8 Å². The fraction of sp³-hybridized carbons (Fsp3) is 0.579. The van der Waals surface area contributed by atoms with Crippen LogP contribution in [0.1, 0.15) is 194 Å². The van der Waals surface area contributed by atoms with E-state index in [1.165, 1.54) is 70.6 Å². The number of carbonyl (C=O) groups is 2. The zero-order valence-electron chi connectivity index (χ0n) is 39.6. The predicted molar refractivity (Wildman–Crippen MR) is 269 cm³/mol. The maximum absolute atomic E-state index is 12.2. The Bertz CT molecular complexity index is 1330. The molecule has 0 heterocycles. The summed E-state index contributed by atoms with van der Waals surface area (Å²) in [6.07, 6.45) is 76.8. The van der Waals surface area contributed by atoms with Crippen molar-refractivity contribution >= 4 is 11.9 Å². The number of esters is 2. The standard InChI is InChI=1S/C57H90O5/c1-3-5-7-9-11-13-15-17-19-21-23-24-25-26-27-28-29-30-31-32-34-36-38-40-42-44-46-48-50-52-57(60)62-55(53-58)54-61-56(59)51-49-47-45-43-41-39-37-35-33-22-20-18-16-14-12-10-8-6-4-2/h5,7,11-14,17-20,23-24,26-27,29-30,32,34,38,40,44,46,55,58H,3-4,6,8-10,15-16,21-22,25,28,31,33,35-37,39,41-43,45,47-54H2,1-2H3/b7-5-,13-11-,14-12-,19-17-,20-18-,24-23-,27-26-,30-29-,34-32-,40-38-,46-44-. The molecule has 0 fully saturated rings. The SMILES string of the molecule is CC/C=C\C/C=C\C/C=C\C/C=C\C/C=C\C/C=C\C/C=C\C/C=C\C/C=C\CCCC(=O)OC(CO)COC(=O)CCCCCCCCCCC/C=C\C/C=C\CCCCC. The van der Waals surface area contributed by atoms with Crippen LogP contribution in [0.2, 0.25) is 0 Å². The second-order valence-corrected chi connectivity index (χ2v) is 15.8.